The van der Waals surface area contributed by atoms with E-state index in [1.807, 2.05) is 0 Å². The number of hydrogen-bond donors (Lipinski definition) is 1. The average molecular weight is 299 g/mol. The van der Waals surface area contributed by atoms with E-state index < -0.39 is 5.97 Å². The SMILES string of the molecule is COc1cc(Cl)cc(C(=O)O)c1OCc1nnn(C)n1. The van der Waals surface area contributed by atoms with E-state index in [1.165, 1.54) is 24.0 Å². The molecule has 0 amide bonds. The first kappa shape index (κ1) is 14.1. The molecule has 2 rings (SSSR count). The Kier molecular flexibility index (Phi) is 4.04. The molecule has 0 atom stereocenters. The topological polar surface area (TPSA) is 99.4 Å². The van der Waals surface area contributed by atoms with E-state index in [4.69, 9.17) is 26.2 Å². The first-order valence-electron chi connectivity index (χ1n) is 5.47. The van der Waals surface area contributed by atoms with E-state index in [1.54, 1.807) is 7.05 Å². The van der Waals surface area contributed by atoms with Gasteiger partial charge in [-0.05, 0) is 11.3 Å². The molecule has 0 fully saturated rings. The summed E-state index contributed by atoms with van der Waals surface area (Å²) in [4.78, 5) is 12.5. The summed E-state index contributed by atoms with van der Waals surface area (Å²) in [7, 11) is 3.01. The average Bonchev–Trinajstić information content (AvgIpc) is 2.81. The van der Waals surface area contributed by atoms with Crippen molar-refractivity contribution in [1.82, 2.24) is 20.2 Å². The standard InChI is InChI=1S/C11H11ClN4O4/c1-16-14-9(13-15-16)5-20-10-7(11(17)18)3-6(12)4-8(10)19-2/h3-4H,5H2,1-2H3,(H,17,18). The van der Waals surface area contributed by atoms with Crippen LogP contribution in [0.5, 0.6) is 11.5 Å². The molecule has 8 nitrogen and oxygen atoms in total. The number of aromatic carboxylic acids is 1. The summed E-state index contributed by atoms with van der Waals surface area (Å²) < 4.78 is 10.5. The molecule has 0 unspecified atom stereocenters. The molecule has 2 aromatic rings. The highest BCUT2D eigenvalue weighted by Gasteiger charge is 2.19. The highest BCUT2D eigenvalue weighted by atomic mass is 35.5. The predicted octanol–water partition coefficient (Wildman–Crippen LogP) is 1.15. The predicted molar refractivity (Wildman–Crippen MR) is 68.1 cm³/mol. The maximum atomic E-state index is 11.2. The minimum absolute atomic E-state index is 0.0356. The number of carboxylic acid groups (broad SMARTS) is 1. The molecule has 0 aliphatic carbocycles. The first-order chi connectivity index (χ1) is 9.51. The number of benzene rings is 1. The first-order valence-corrected chi connectivity index (χ1v) is 5.85. The normalized spacial score (nSPS) is 10.3. The zero-order valence-electron chi connectivity index (χ0n) is 10.7. The van der Waals surface area contributed by atoms with E-state index in [0.717, 1.165) is 0 Å². The Morgan fingerprint density at radius 2 is 2.25 bits per heavy atom. The van der Waals surface area contributed by atoms with Crippen molar-refractivity contribution in [2.75, 3.05) is 7.11 Å². The fraction of sp³-hybridized carbons (Fsp3) is 0.273. The molecule has 0 saturated carbocycles. The maximum Gasteiger partial charge on any atom is 0.339 e. The molecule has 20 heavy (non-hydrogen) atoms. The molecule has 0 aliphatic heterocycles. The molecule has 1 aromatic heterocycles. The minimum atomic E-state index is -1.17. The van der Waals surface area contributed by atoms with Crippen molar-refractivity contribution in [2.24, 2.45) is 7.05 Å². The molecule has 0 aliphatic rings. The summed E-state index contributed by atoms with van der Waals surface area (Å²) in [5.41, 5.74) is -0.0989. The van der Waals surface area contributed by atoms with Crippen molar-refractivity contribution in [3.8, 4) is 11.5 Å². The second kappa shape index (κ2) is 5.74. The van der Waals surface area contributed by atoms with Crippen LogP contribution in [-0.4, -0.2) is 38.4 Å². The number of nitrogens with zero attached hydrogens (tertiary/aromatic N) is 4. The molecule has 1 N–H and O–H groups in total. The Balaban J connectivity index is 2.31. The molecule has 0 saturated heterocycles. The Hall–Kier alpha value is -2.35. The summed E-state index contributed by atoms with van der Waals surface area (Å²) in [5.74, 6) is -0.565. The number of methoxy groups -OCH3 is 1. The number of rotatable bonds is 5. The number of carbonyl (C=O) groups is 1. The summed E-state index contributed by atoms with van der Waals surface area (Å²) in [6, 6.07) is 2.75. The van der Waals surface area contributed by atoms with Crippen molar-refractivity contribution >= 4 is 17.6 Å². The lowest BCUT2D eigenvalue weighted by Crippen LogP contribution is -2.06. The van der Waals surface area contributed by atoms with Crippen LogP contribution in [0.2, 0.25) is 5.02 Å². The second-order valence-corrected chi connectivity index (χ2v) is 4.21. The van der Waals surface area contributed by atoms with Gasteiger partial charge < -0.3 is 14.6 Å². The molecule has 0 spiro atoms. The van der Waals surface area contributed by atoms with Gasteiger partial charge in [0.1, 0.15) is 5.56 Å². The molecule has 106 valence electrons. The molecular formula is C11H11ClN4O4. The van der Waals surface area contributed by atoms with Gasteiger partial charge in [-0.25, -0.2) is 4.79 Å². The highest BCUT2D eigenvalue weighted by Crippen LogP contribution is 2.35. The van der Waals surface area contributed by atoms with Crippen LogP contribution in [0.25, 0.3) is 0 Å². The molecule has 0 radical (unpaired) electrons. The molecular weight excluding hydrogens is 288 g/mol. The van der Waals surface area contributed by atoms with Crippen molar-refractivity contribution in [1.29, 1.82) is 0 Å². The number of carboxylic acids is 1. The fourth-order valence-corrected chi connectivity index (χ4v) is 1.75. The second-order valence-electron chi connectivity index (χ2n) is 3.77. The van der Waals surface area contributed by atoms with E-state index >= 15 is 0 Å². The lowest BCUT2D eigenvalue weighted by atomic mass is 10.2. The van der Waals surface area contributed by atoms with Gasteiger partial charge in [-0.2, -0.15) is 4.80 Å². The van der Waals surface area contributed by atoms with E-state index in [9.17, 15) is 4.79 Å². The van der Waals surface area contributed by atoms with Gasteiger partial charge in [0.25, 0.3) is 0 Å². The summed E-state index contributed by atoms with van der Waals surface area (Å²) in [6.45, 7) is -0.0356. The zero-order chi connectivity index (χ0) is 14.7. The molecule has 9 heteroatoms. The van der Waals surface area contributed by atoms with Gasteiger partial charge in [0.2, 0.25) is 5.82 Å². The Labute approximate surface area is 118 Å². The van der Waals surface area contributed by atoms with Gasteiger partial charge in [-0.1, -0.05) is 11.6 Å². The van der Waals surface area contributed by atoms with Gasteiger partial charge >= 0.3 is 5.97 Å². The molecule has 1 heterocycles. The van der Waals surface area contributed by atoms with E-state index in [-0.39, 0.29) is 28.7 Å². The van der Waals surface area contributed by atoms with Crippen LogP contribution >= 0.6 is 11.6 Å². The summed E-state index contributed by atoms with van der Waals surface area (Å²) in [5, 5.41) is 20.7. The van der Waals surface area contributed by atoms with Crippen molar-refractivity contribution in [3.63, 3.8) is 0 Å². The third-order valence-corrected chi connectivity index (χ3v) is 2.58. The Morgan fingerprint density at radius 1 is 1.50 bits per heavy atom. The van der Waals surface area contributed by atoms with Crippen LogP contribution in [0.4, 0.5) is 0 Å². The van der Waals surface area contributed by atoms with Crippen LogP contribution in [-0.2, 0) is 13.7 Å². The van der Waals surface area contributed by atoms with Crippen molar-refractivity contribution in [2.45, 2.75) is 6.61 Å². The third-order valence-electron chi connectivity index (χ3n) is 2.37. The quantitative estimate of drug-likeness (QED) is 0.883. The maximum absolute atomic E-state index is 11.2. The summed E-state index contributed by atoms with van der Waals surface area (Å²) in [6.07, 6.45) is 0. The van der Waals surface area contributed by atoms with Gasteiger partial charge in [-0.3, -0.25) is 0 Å². The van der Waals surface area contributed by atoms with Crippen LogP contribution < -0.4 is 9.47 Å². The number of halogens is 1. The number of tetrazole rings is 1. The van der Waals surface area contributed by atoms with Crippen molar-refractivity contribution < 1.29 is 19.4 Å². The number of aromatic nitrogens is 4. The fourth-order valence-electron chi connectivity index (χ4n) is 1.55. The molecule has 0 bridgehead atoms. The summed E-state index contributed by atoms with van der Waals surface area (Å²) >= 11 is 5.83. The van der Waals surface area contributed by atoms with E-state index in [0.29, 0.717) is 5.82 Å². The lowest BCUT2D eigenvalue weighted by molar-refractivity contribution is 0.0690. The van der Waals surface area contributed by atoms with Crippen LogP contribution in [0.3, 0.4) is 0 Å². The smallest absolute Gasteiger partial charge is 0.339 e. The third kappa shape index (κ3) is 2.97. The van der Waals surface area contributed by atoms with Gasteiger partial charge in [0.05, 0.1) is 14.2 Å². The van der Waals surface area contributed by atoms with Crippen molar-refractivity contribution in [3.05, 3.63) is 28.5 Å². The highest BCUT2D eigenvalue weighted by molar-refractivity contribution is 6.31. The number of hydrogen-bond acceptors (Lipinski definition) is 6. The lowest BCUT2D eigenvalue weighted by Gasteiger charge is -2.12. The monoisotopic (exact) mass is 298 g/mol. The largest absolute Gasteiger partial charge is 0.493 e. The van der Waals surface area contributed by atoms with Gasteiger partial charge in [0.15, 0.2) is 18.1 Å². The Bertz CT molecular complexity index is 643. The van der Waals surface area contributed by atoms with Crippen LogP contribution in [0.1, 0.15) is 16.2 Å². The van der Waals surface area contributed by atoms with Crippen LogP contribution in [0.15, 0.2) is 12.1 Å². The number of aryl methyl sites for hydroxylation is 1. The number of ether oxygens (including phenoxy) is 2. The van der Waals surface area contributed by atoms with Gasteiger partial charge in [0, 0.05) is 11.1 Å². The van der Waals surface area contributed by atoms with E-state index in [2.05, 4.69) is 15.4 Å². The van der Waals surface area contributed by atoms with Gasteiger partial charge in [-0.15, -0.1) is 10.2 Å². The zero-order valence-corrected chi connectivity index (χ0v) is 11.5. The molecule has 1 aromatic carbocycles. The van der Waals surface area contributed by atoms with Crippen LogP contribution in [0, 0.1) is 0 Å². The Morgan fingerprint density at radius 3 is 2.80 bits per heavy atom. The minimum Gasteiger partial charge on any atom is -0.493 e.